The van der Waals surface area contributed by atoms with Gasteiger partial charge in [0.15, 0.2) is 0 Å². The van der Waals surface area contributed by atoms with Gasteiger partial charge < -0.3 is 9.80 Å². The van der Waals surface area contributed by atoms with Gasteiger partial charge in [0.2, 0.25) is 0 Å². The number of rotatable bonds is 3. The van der Waals surface area contributed by atoms with Gasteiger partial charge in [-0.15, -0.1) is 11.3 Å². The molecule has 2 nitrogen and oxygen atoms in total. The Labute approximate surface area is 457 Å². The molecule has 1 atom stereocenters. The van der Waals surface area contributed by atoms with Gasteiger partial charge in [0.25, 0.3) is 6.71 Å². The van der Waals surface area contributed by atoms with Gasteiger partial charge in [-0.05, 0) is 204 Å². The normalized spacial score (nSPS) is 22.3. The first-order valence-corrected chi connectivity index (χ1v) is 29.8. The van der Waals surface area contributed by atoms with E-state index in [-0.39, 0.29) is 56.1 Å². The Hall–Kier alpha value is -4.80. The number of hydrogen-bond acceptors (Lipinski definition) is 3. The fraction of sp³-hybridized carbons (Fsp3) is 0.493. The van der Waals surface area contributed by atoms with Crippen LogP contribution in [0.25, 0.3) is 21.2 Å². The summed E-state index contributed by atoms with van der Waals surface area (Å²) >= 11 is 2.10. The van der Waals surface area contributed by atoms with Crippen LogP contribution >= 0.6 is 11.3 Å². The predicted molar refractivity (Wildman–Crippen MR) is 329 cm³/mol. The van der Waals surface area contributed by atoms with Gasteiger partial charge in [-0.25, -0.2) is 0 Å². The summed E-state index contributed by atoms with van der Waals surface area (Å²) in [6.45, 7) is 46.7. The molecule has 0 radical (unpaired) electrons. The summed E-state index contributed by atoms with van der Waals surface area (Å²) < 4.78 is 2.91. The molecule has 75 heavy (non-hydrogen) atoms. The van der Waals surface area contributed by atoms with Crippen LogP contribution in [0.3, 0.4) is 0 Å². The monoisotopic (exact) mass is 1010 g/mol. The maximum atomic E-state index is 2.88. The second-order valence-electron chi connectivity index (χ2n) is 30.6. The minimum Gasteiger partial charge on any atom is -0.335 e. The number of benzene rings is 5. The largest absolute Gasteiger partial charge is 0.335 e. The number of thiophene rings is 1. The average molecular weight is 1010 g/mol. The molecule has 0 amide bonds. The summed E-state index contributed by atoms with van der Waals surface area (Å²) in [5.74, 6) is 0. The van der Waals surface area contributed by atoms with E-state index >= 15 is 0 Å². The van der Waals surface area contributed by atoms with Crippen LogP contribution in [0.5, 0.6) is 0 Å². The summed E-state index contributed by atoms with van der Waals surface area (Å²) in [6, 6.07) is 33.3. The quantitative estimate of drug-likeness (QED) is 0.163. The highest BCUT2D eigenvalue weighted by molar-refractivity contribution is 7.33. The molecule has 0 N–H and O–H groups in total. The molecule has 12 rings (SSSR count). The Morgan fingerprint density at radius 3 is 1.64 bits per heavy atom. The van der Waals surface area contributed by atoms with Crippen molar-refractivity contribution in [3.8, 4) is 11.1 Å². The van der Waals surface area contributed by atoms with E-state index in [2.05, 4.69) is 244 Å². The molecule has 0 saturated heterocycles. The van der Waals surface area contributed by atoms with E-state index in [9.17, 15) is 0 Å². The molecule has 4 heteroatoms. The molecule has 4 aliphatic carbocycles. The van der Waals surface area contributed by atoms with Crippen molar-refractivity contribution < 1.29 is 0 Å². The van der Waals surface area contributed by atoms with Crippen LogP contribution in [0.2, 0.25) is 0 Å². The van der Waals surface area contributed by atoms with Gasteiger partial charge in [-0.2, -0.15) is 0 Å². The van der Waals surface area contributed by atoms with Crippen LogP contribution in [0.15, 0.2) is 102 Å². The molecule has 1 saturated carbocycles. The van der Waals surface area contributed by atoms with Crippen molar-refractivity contribution in [2.24, 2.45) is 10.8 Å². The molecule has 0 spiro atoms. The highest BCUT2D eigenvalue weighted by Gasteiger charge is 2.51. The maximum Gasteiger partial charge on any atom is 0.264 e. The second-order valence-corrected chi connectivity index (χ2v) is 31.7. The van der Waals surface area contributed by atoms with Crippen LogP contribution in [0.1, 0.15) is 209 Å². The second kappa shape index (κ2) is 16.1. The zero-order chi connectivity index (χ0) is 53.7. The van der Waals surface area contributed by atoms with Gasteiger partial charge in [0, 0.05) is 37.5 Å². The smallest absolute Gasteiger partial charge is 0.264 e. The Morgan fingerprint density at radius 2 is 1.04 bits per heavy atom. The van der Waals surface area contributed by atoms with Crippen molar-refractivity contribution in [1.82, 2.24) is 0 Å². The summed E-state index contributed by atoms with van der Waals surface area (Å²) in [5.41, 5.74) is 26.3. The molecule has 5 aromatic carbocycles. The number of hydrogen-bond donors (Lipinski definition) is 0. The van der Waals surface area contributed by atoms with E-state index in [1.54, 1.807) is 27.8 Å². The summed E-state index contributed by atoms with van der Waals surface area (Å²) in [6.07, 6.45) is 13.6. The topological polar surface area (TPSA) is 6.48 Å². The number of aryl methyl sites for hydroxylation is 1. The van der Waals surface area contributed by atoms with Crippen molar-refractivity contribution in [2.45, 2.75) is 215 Å². The van der Waals surface area contributed by atoms with Crippen LogP contribution in [0.4, 0.5) is 28.4 Å². The molecule has 3 heterocycles. The van der Waals surface area contributed by atoms with E-state index in [0.29, 0.717) is 0 Å². The van der Waals surface area contributed by atoms with E-state index in [1.165, 1.54) is 126 Å². The van der Waals surface area contributed by atoms with Crippen LogP contribution in [-0.4, -0.2) is 12.8 Å². The maximum absolute atomic E-state index is 2.88. The Kier molecular flexibility index (Phi) is 11.0. The molecule has 1 unspecified atom stereocenters. The van der Waals surface area contributed by atoms with E-state index in [1.807, 2.05) is 0 Å². The number of fused-ring (bicyclic) bond motifs is 9. The molecule has 1 aromatic heterocycles. The standard InChI is InChI=1S/C71H87BN2S/c1-42-34-58-61-59(35-42)74(56-27-24-45(65(5,6)7)36-47(56)43-20-22-44(23-21-43)64(2,3)4)62-48-38-51-54(71(18,19)33-30-68(51,12)13)41-60(48)75-63(62)72(61)55-39-52-53(70(16,17)32-31-69(52,14)15)40-57(55)73(58)46-25-26-49-50(37-46)67(10,11)29-28-66(49,8)9/h20-24,26-27,34-41,46H,25,28-33H2,1-19H3. The number of anilines is 5. The first kappa shape index (κ1) is 51.0. The predicted octanol–water partition coefficient (Wildman–Crippen LogP) is 18.4. The molecular formula is C71H87BN2S. The van der Waals surface area contributed by atoms with Crippen molar-refractivity contribution >= 4 is 72.3 Å². The van der Waals surface area contributed by atoms with Gasteiger partial charge in [-0.1, -0.05) is 173 Å². The summed E-state index contributed by atoms with van der Waals surface area (Å²) in [7, 11) is 0. The highest BCUT2D eigenvalue weighted by atomic mass is 32.1. The first-order chi connectivity index (χ1) is 34.8. The molecule has 6 aliphatic rings. The van der Waals surface area contributed by atoms with Crippen LogP contribution in [-0.2, 0) is 32.5 Å². The van der Waals surface area contributed by atoms with Crippen molar-refractivity contribution in [3.05, 3.63) is 141 Å². The van der Waals surface area contributed by atoms with Gasteiger partial charge in [0.1, 0.15) is 0 Å². The minimum absolute atomic E-state index is 0.0254. The van der Waals surface area contributed by atoms with Crippen molar-refractivity contribution in [1.29, 1.82) is 0 Å². The Bertz CT molecular complexity index is 3460. The SMILES string of the molecule is Cc1cc2c3c(c1)N(C1C=C4C(=CC1)C(C)(C)CCC4(C)C)c1cc4c(cc1B3c1sc3cc5c(cc3c1N2c1ccc(C(C)(C)C)cc1-c1ccc(C(C)(C)C)cc1)C(C)(C)CCC5(C)C)C(C)(C)CCC4(C)C. The average Bonchev–Trinajstić information content (AvgIpc) is 3.77. The van der Waals surface area contributed by atoms with Crippen molar-refractivity contribution in [2.75, 3.05) is 9.80 Å². The zero-order valence-electron chi connectivity index (χ0n) is 49.6. The Morgan fingerprint density at radius 1 is 0.520 bits per heavy atom. The lowest BCUT2D eigenvalue weighted by Crippen LogP contribution is -2.62. The molecule has 6 aromatic rings. The first-order valence-electron chi connectivity index (χ1n) is 29.0. The molecular weight excluding hydrogens is 924 g/mol. The lowest BCUT2D eigenvalue weighted by atomic mass is 9.35. The van der Waals surface area contributed by atoms with Crippen LogP contribution < -0.4 is 25.5 Å². The number of allylic oxidation sites excluding steroid dienone is 2. The fourth-order valence-electron chi connectivity index (χ4n) is 15.0. The van der Waals surface area contributed by atoms with Crippen molar-refractivity contribution in [3.63, 3.8) is 0 Å². The highest BCUT2D eigenvalue weighted by Crippen LogP contribution is 2.57. The third kappa shape index (κ3) is 7.80. The molecule has 1 fully saturated rings. The zero-order valence-corrected chi connectivity index (χ0v) is 50.4. The minimum atomic E-state index is -0.0254. The third-order valence-corrected chi connectivity index (χ3v) is 21.5. The number of nitrogens with zero attached hydrogens (tertiary/aromatic N) is 2. The lowest BCUT2D eigenvalue weighted by molar-refractivity contribution is 0.256. The van der Waals surface area contributed by atoms with Crippen LogP contribution in [0, 0.1) is 17.8 Å². The molecule has 2 aliphatic heterocycles. The van der Waals surface area contributed by atoms with Gasteiger partial charge in [0.05, 0.1) is 17.4 Å². The van der Waals surface area contributed by atoms with E-state index < -0.39 is 0 Å². The summed E-state index contributed by atoms with van der Waals surface area (Å²) in [5, 5.41) is 1.40. The molecule has 390 valence electrons. The fourth-order valence-corrected chi connectivity index (χ4v) is 16.3. The Balaban J connectivity index is 1.21. The van der Waals surface area contributed by atoms with Gasteiger partial charge in [-0.3, -0.25) is 0 Å². The van der Waals surface area contributed by atoms with Gasteiger partial charge >= 0.3 is 0 Å². The van der Waals surface area contributed by atoms with E-state index in [0.717, 1.165) is 6.42 Å². The molecule has 0 bridgehead atoms. The summed E-state index contributed by atoms with van der Waals surface area (Å²) in [4.78, 5) is 5.67. The van der Waals surface area contributed by atoms with E-state index in [4.69, 9.17) is 0 Å². The third-order valence-electron chi connectivity index (χ3n) is 20.3. The lowest BCUT2D eigenvalue weighted by Gasteiger charge is -2.50.